The number of hydrogen-bond donors (Lipinski definition) is 1. The first-order valence-electron chi connectivity index (χ1n) is 4.86. The van der Waals surface area contributed by atoms with Crippen LogP contribution in [0.4, 0.5) is 32.2 Å². The second-order valence-electron chi connectivity index (χ2n) is 3.48. The normalized spacial score (nSPS) is 12.7. The first kappa shape index (κ1) is 15.3. The molecule has 0 saturated carbocycles. The van der Waals surface area contributed by atoms with Crippen molar-refractivity contribution < 1.29 is 31.1 Å². The summed E-state index contributed by atoms with van der Waals surface area (Å²) in [5.74, 6) is -0.702. The highest BCUT2D eigenvalue weighted by molar-refractivity contribution is 5.47. The van der Waals surface area contributed by atoms with Crippen LogP contribution in [-0.4, -0.2) is 35.5 Å². The highest BCUT2D eigenvalue weighted by atomic mass is 19.4. The number of nitrogens with zero attached hydrogens (tertiary/aromatic N) is 2. The van der Waals surface area contributed by atoms with E-state index in [0.717, 1.165) is 6.33 Å². The summed E-state index contributed by atoms with van der Waals surface area (Å²) in [7, 11) is 1.41. The van der Waals surface area contributed by atoms with Crippen molar-refractivity contribution in [2.24, 2.45) is 0 Å². The van der Waals surface area contributed by atoms with Crippen LogP contribution in [0.5, 0.6) is 5.88 Å². The van der Waals surface area contributed by atoms with E-state index in [9.17, 15) is 26.3 Å². The third kappa shape index (κ3) is 3.61. The molecule has 1 heterocycles. The Morgan fingerprint density at radius 2 is 1.63 bits per heavy atom. The van der Waals surface area contributed by atoms with Gasteiger partial charge in [-0.05, 0) is 6.92 Å². The van der Waals surface area contributed by atoms with Crippen LogP contribution in [-0.2, 0) is 0 Å². The molecule has 1 N–H and O–H groups in total. The molecule has 0 bridgehead atoms. The Balaban J connectivity index is 3.11. The summed E-state index contributed by atoms with van der Waals surface area (Å²) in [6.07, 6.45) is -14.3. The van der Waals surface area contributed by atoms with Gasteiger partial charge in [-0.25, -0.2) is 9.97 Å². The van der Waals surface area contributed by atoms with Crippen molar-refractivity contribution in [1.29, 1.82) is 0 Å². The van der Waals surface area contributed by atoms with Gasteiger partial charge in [-0.3, -0.25) is 0 Å². The fraction of sp³-hybridized carbons (Fsp3) is 0.556. The molecule has 0 spiro atoms. The van der Waals surface area contributed by atoms with Crippen LogP contribution in [0.2, 0.25) is 0 Å². The maximum absolute atomic E-state index is 12.3. The molecule has 1 rings (SSSR count). The van der Waals surface area contributed by atoms with Crippen molar-refractivity contribution in [3.63, 3.8) is 0 Å². The van der Waals surface area contributed by atoms with Crippen LogP contribution in [0.3, 0.4) is 0 Å². The largest absolute Gasteiger partial charge is 0.454 e. The summed E-state index contributed by atoms with van der Waals surface area (Å²) < 4.78 is 77.8. The molecule has 10 heteroatoms. The van der Waals surface area contributed by atoms with Crippen LogP contribution in [0.15, 0.2) is 6.33 Å². The zero-order valence-corrected chi connectivity index (χ0v) is 9.73. The van der Waals surface area contributed by atoms with E-state index in [2.05, 4.69) is 20.0 Å². The molecule has 0 aliphatic heterocycles. The van der Waals surface area contributed by atoms with Crippen molar-refractivity contribution in [2.75, 3.05) is 12.4 Å². The summed E-state index contributed by atoms with van der Waals surface area (Å²) in [4.78, 5) is 6.90. The molecule has 1 aromatic rings. The summed E-state index contributed by atoms with van der Waals surface area (Å²) in [6.45, 7) is 1.24. The zero-order valence-electron chi connectivity index (χ0n) is 9.73. The maximum atomic E-state index is 12.3. The minimum absolute atomic E-state index is 0.0523. The standard InChI is InChI=1S/C9H9F6N3O/c1-4-5(16-2)17-3-18-6(4)19-7(8(10,11)12)9(13,14)15/h3,7H,1-2H3,(H,16,17,18). The van der Waals surface area contributed by atoms with Gasteiger partial charge in [0.05, 0.1) is 5.56 Å². The molecule has 0 aromatic carbocycles. The van der Waals surface area contributed by atoms with Crippen LogP contribution in [0, 0.1) is 6.92 Å². The number of ether oxygens (including phenoxy) is 1. The van der Waals surface area contributed by atoms with Crippen molar-refractivity contribution in [3.8, 4) is 5.88 Å². The van der Waals surface area contributed by atoms with Gasteiger partial charge < -0.3 is 10.1 Å². The van der Waals surface area contributed by atoms with E-state index < -0.39 is 24.3 Å². The first-order chi connectivity index (χ1) is 8.57. The molecule has 0 radical (unpaired) electrons. The number of nitrogens with one attached hydrogen (secondary N) is 1. The highest BCUT2D eigenvalue weighted by Crippen LogP contribution is 2.37. The summed E-state index contributed by atoms with van der Waals surface area (Å²) in [5, 5.41) is 2.49. The molecular weight excluding hydrogens is 280 g/mol. The van der Waals surface area contributed by atoms with E-state index in [0.29, 0.717) is 0 Å². The Morgan fingerprint density at radius 1 is 1.11 bits per heavy atom. The number of anilines is 1. The molecule has 1 aromatic heterocycles. The van der Waals surface area contributed by atoms with Gasteiger partial charge in [0.2, 0.25) is 5.88 Å². The Morgan fingerprint density at radius 3 is 2.05 bits per heavy atom. The number of halogens is 6. The Bertz CT molecular complexity index is 431. The van der Waals surface area contributed by atoms with Crippen molar-refractivity contribution in [3.05, 3.63) is 11.9 Å². The average Bonchev–Trinajstić information content (AvgIpc) is 2.24. The molecule has 0 aliphatic rings. The minimum Gasteiger partial charge on any atom is -0.454 e. The summed E-state index contributed by atoms with van der Waals surface area (Å²) in [6, 6.07) is 0. The minimum atomic E-state index is -5.59. The van der Waals surface area contributed by atoms with E-state index in [1.54, 1.807) is 0 Å². The highest BCUT2D eigenvalue weighted by Gasteiger charge is 2.59. The second kappa shape index (κ2) is 5.10. The fourth-order valence-corrected chi connectivity index (χ4v) is 1.24. The lowest BCUT2D eigenvalue weighted by Crippen LogP contribution is -2.46. The monoisotopic (exact) mass is 289 g/mol. The van der Waals surface area contributed by atoms with E-state index in [1.807, 2.05) is 0 Å². The van der Waals surface area contributed by atoms with E-state index in [1.165, 1.54) is 14.0 Å². The van der Waals surface area contributed by atoms with Crippen molar-refractivity contribution in [1.82, 2.24) is 9.97 Å². The average molecular weight is 289 g/mol. The van der Waals surface area contributed by atoms with Crippen LogP contribution in [0.1, 0.15) is 5.56 Å². The van der Waals surface area contributed by atoms with Crippen LogP contribution < -0.4 is 10.1 Å². The smallest absolute Gasteiger partial charge is 0.434 e. The molecule has 19 heavy (non-hydrogen) atoms. The molecular formula is C9H9F6N3O. The third-order valence-electron chi connectivity index (χ3n) is 2.10. The van der Waals surface area contributed by atoms with Gasteiger partial charge >= 0.3 is 12.4 Å². The third-order valence-corrected chi connectivity index (χ3v) is 2.10. The van der Waals surface area contributed by atoms with Gasteiger partial charge in [0.15, 0.2) is 0 Å². The van der Waals surface area contributed by atoms with E-state index >= 15 is 0 Å². The Kier molecular flexibility index (Phi) is 4.11. The molecule has 0 atom stereocenters. The van der Waals surface area contributed by atoms with Crippen LogP contribution >= 0.6 is 0 Å². The molecule has 0 saturated heterocycles. The van der Waals surface area contributed by atoms with Crippen molar-refractivity contribution >= 4 is 5.82 Å². The molecule has 0 amide bonds. The number of hydrogen-bond acceptors (Lipinski definition) is 4. The Hall–Kier alpha value is -1.74. The van der Waals surface area contributed by atoms with Crippen LogP contribution in [0.25, 0.3) is 0 Å². The first-order valence-corrected chi connectivity index (χ1v) is 4.86. The number of alkyl halides is 6. The lowest BCUT2D eigenvalue weighted by Gasteiger charge is -2.24. The maximum Gasteiger partial charge on any atom is 0.434 e. The molecule has 0 fully saturated rings. The predicted octanol–water partition coefficient (Wildman–Crippen LogP) is 2.70. The van der Waals surface area contributed by atoms with Crippen molar-refractivity contribution in [2.45, 2.75) is 25.4 Å². The second-order valence-corrected chi connectivity index (χ2v) is 3.48. The molecule has 108 valence electrons. The quantitative estimate of drug-likeness (QED) is 0.869. The lowest BCUT2D eigenvalue weighted by molar-refractivity contribution is -0.300. The van der Waals surface area contributed by atoms with Gasteiger partial charge in [-0.15, -0.1) is 0 Å². The molecule has 0 aliphatic carbocycles. The summed E-state index contributed by atoms with van der Waals surface area (Å²) >= 11 is 0. The van der Waals surface area contributed by atoms with Gasteiger partial charge in [-0.2, -0.15) is 26.3 Å². The van der Waals surface area contributed by atoms with Gasteiger partial charge in [-0.1, -0.05) is 0 Å². The summed E-state index contributed by atoms with van der Waals surface area (Å²) in [5.41, 5.74) is -0.0523. The predicted molar refractivity (Wildman–Crippen MR) is 52.8 cm³/mol. The topological polar surface area (TPSA) is 47.0 Å². The van der Waals surface area contributed by atoms with E-state index in [4.69, 9.17) is 0 Å². The Labute approximate surface area is 103 Å². The number of rotatable bonds is 3. The van der Waals surface area contributed by atoms with Gasteiger partial charge in [0, 0.05) is 7.05 Å². The lowest BCUT2D eigenvalue weighted by atomic mass is 10.3. The van der Waals surface area contributed by atoms with Gasteiger partial charge in [0.1, 0.15) is 12.1 Å². The molecule has 0 unspecified atom stereocenters. The fourth-order valence-electron chi connectivity index (χ4n) is 1.24. The molecule has 4 nitrogen and oxygen atoms in total. The SMILES string of the molecule is CNc1ncnc(OC(C(F)(F)F)C(F)(F)F)c1C. The zero-order chi connectivity index (χ0) is 14.8. The van der Waals surface area contributed by atoms with E-state index in [-0.39, 0.29) is 11.4 Å². The number of aromatic nitrogens is 2. The van der Waals surface area contributed by atoms with Gasteiger partial charge in [0.25, 0.3) is 6.10 Å².